The number of anilines is 2. The number of carbonyl (C=O) groups is 1. The first kappa shape index (κ1) is 17.5. The molecule has 0 fully saturated rings. The van der Waals surface area contributed by atoms with E-state index in [1.165, 1.54) is 5.56 Å². The second-order valence-corrected chi connectivity index (χ2v) is 5.91. The molecule has 0 aliphatic carbocycles. The molecule has 3 aromatic carbocycles. The Bertz CT molecular complexity index is 820. The minimum Gasteiger partial charge on any atom is -0.494 e. The lowest BCUT2D eigenvalue weighted by atomic mass is 10.1. The van der Waals surface area contributed by atoms with E-state index < -0.39 is 0 Å². The van der Waals surface area contributed by atoms with Gasteiger partial charge < -0.3 is 15.4 Å². The fourth-order valence-corrected chi connectivity index (χ4v) is 2.59. The van der Waals surface area contributed by atoms with E-state index in [2.05, 4.69) is 22.8 Å². The van der Waals surface area contributed by atoms with Crippen LogP contribution in [-0.4, -0.2) is 12.6 Å². The number of rotatable bonds is 7. The fraction of sp³-hybridized carbons (Fsp3) is 0.136. The van der Waals surface area contributed by atoms with Gasteiger partial charge in [-0.3, -0.25) is 0 Å². The minimum atomic E-state index is -0.280. The number of urea groups is 1. The average molecular weight is 346 g/mol. The van der Waals surface area contributed by atoms with Crippen LogP contribution in [0.5, 0.6) is 5.75 Å². The topological polar surface area (TPSA) is 50.4 Å². The van der Waals surface area contributed by atoms with Crippen LogP contribution in [-0.2, 0) is 6.42 Å². The third-order valence-electron chi connectivity index (χ3n) is 3.84. The van der Waals surface area contributed by atoms with Gasteiger partial charge in [0.25, 0.3) is 0 Å². The Morgan fingerprint density at radius 1 is 0.769 bits per heavy atom. The predicted molar refractivity (Wildman–Crippen MR) is 106 cm³/mol. The second kappa shape index (κ2) is 9.28. The van der Waals surface area contributed by atoms with Gasteiger partial charge in [0, 0.05) is 17.4 Å². The van der Waals surface area contributed by atoms with Gasteiger partial charge in [0.05, 0.1) is 6.61 Å². The standard InChI is InChI=1S/C22H22N2O2/c25-22(23-19-12-5-2-6-13-19)24-20-14-7-15-21(17-20)26-16-8-11-18-9-3-1-4-10-18/h1-7,9-10,12-15,17H,8,11,16H2,(H2,23,24,25). The molecule has 0 atom stereocenters. The van der Waals surface area contributed by atoms with Gasteiger partial charge in [0.2, 0.25) is 0 Å². The number of amides is 2. The van der Waals surface area contributed by atoms with Gasteiger partial charge in [-0.2, -0.15) is 0 Å². The third kappa shape index (κ3) is 5.67. The van der Waals surface area contributed by atoms with Crippen LogP contribution in [0.25, 0.3) is 0 Å². The van der Waals surface area contributed by atoms with Crippen molar-refractivity contribution in [3.63, 3.8) is 0 Å². The van der Waals surface area contributed by atoms with Crippen molar-refractivity contribution in [1.82, 2.24) is 0 Å². The molecule has 0 saturated heterocycles. The van der Waals surface area contributed by atoms with E-state index in [1.807, 2.05) is 72.8 Å². The summed E-state index contributed by atoms with van der Waals surface area (Å²) in [5, 5.41) is 5.61. The van der Waals surface area contributed by atoms with Crippen molar-refractivity contribution in [2.24, 2.45) is 0 Å². The van der Waals surface area contributed by atoms with Crippen LogP contribution in [0.4, 0.5) is 16.2 Å². The van der Waals surface area contributed by atoms with Crippen LogP contribution in [0, 0.1) is 0 Å². The van der Waals surface area contributed by atoms with Crippen LogP contribution in [0.2, 0.25) is 0 Å². The first-order valence-electron chi connectivity index (χ1n) is 8.69. The van der Waals surface area contributed by atoms with E-state index >= 15 is 0 Å². The maximum absolute atomic E-state index is 12.0. The van der Waals surface area contributed by atoms with E-state index in [4.69, 9.17) is 4.74 Å². The quantitative estimate of drug-likeness (QED) is 0.567. The summed E-state index contributed by atoms with van der Waals surface area (Å²) in [5.74, 6) is 0.746. The van der Waals surface area contributed by atoms with Crippen LogP contribution in [0.1, 0.15) is 12.0 Å². The van der Waals surface area contributed by atoms with Crippen molar-refractivity contribution in [3.05, 3.63) is 90.5 Å². The van der Waals surface area contributed by atoms with Gasteiger partial charge in [-0.15, -0.1) is 0 Å². The monoisotopic (exact) mass is 346 g/mol. The Morgan fingerprint density at radius 2 is 1.42 bits per heavy atom. The SMILES string of the molecule is O=C(Nc1ccccc1)Nc1cccc(OCCCc2ccccc2)c1. The van der Waals surface area contributed by atoms with E-state index in [0.29, 0.717) is 12.3 Å². The molecule has 0 radical (unpaired) electrons. The molecule has 0 saturated carbocycles. The summed E-state index contributed by atoms with van der Waals surface area (Å²) in [6.45, 7) is 0.633. The van der Waals surface area contributed by atoms with Crippen molar-refractivity contribution >= 4 is 17.4 Å². The first-order valence-corrected chi connectivity index (χ1v) is 8.69. The molecule has 4 nitrogen and oxygen atoms in total. The molecular formula is C22H22N2O2. The largest absolute Gasteiger partial charge is 0.494 e. The predicted octanol–water partition coefficient (Wildman–Crippen LogP) is 5.34. The van der Waals surface area contributed by atoms with Gasteiger partial charge in [-0.1, -0.05) is 54.6 Å². The lowest BCUT2D eigenvalue weighted by Crippen LogP contribution is -2.19. The molecular weight excluding hydrogens is 324 g/mol. The lowest BCUT2D eigenvalue weighted by Gasteiger charge is -2.10. The molecule has 4 heteroatoms. The maximum Gasteiger partial charge on any atom is 0.323 e. The smallest absolute Gasteiger partial charge is 0.323 e. The Balaban J connectivity index is 1.46. The van der Waals surface area contributed by atoms with Crippen molar-refractivity contribution in [2.75, 3.05) is 17.2 Å². The maximum atomic E-state index is 12.0. The second-order valence-electron chi connectivity index (χ2n) is 5.91. The highest BCUT2D eigenvalue weighted by atomic mass is 16.5. The normalized spacial score (nSPS) is 10.2. The van der Waals surface area contributed by atoms with Crippen molar-refractivity contribution in [2.45, 2.75) is 12.8 Å². The molecule has 3 rings (SSSR count). The Hall–Kier alpha value is -3.27. The molecule has 26 heavy (non-hydrogen) atoms. The summed E-state index contributed by atoms with van der Waals surface area (Å²) >= 11 is 0. The summed E-state index contributed by atoms with van der Waals surface area (Å²) in [6.07, 6.45) is 1.93. The summed E-state index contributed by atoms with van der Waals surface area (Å²) in [4.78, 5) is 12.0. The number of hydrogen-bond acceptors (Lipinski definition) is 2. The molecule has 2 amide bonds. The van der Waals surface area contributed by atoms with Crippen LogP contribution < -0.4 is 15.4 Å². The van der Waals surface area contributed by atoms with Crippen molar-refractivity contribution < 1.29 is 9.53 Å². The zero-order chi connectivity index (χ0) is 18.0. The summed E-state index contributed by atoms with van der Waals surface area (Å²) < 4.78 is 5.80. The molecule has 0 heterocycles. The van der Waals surface area contributed by atoms with Gasteiger partial charge >= 0.3 is 6.03 Å². The molecule has 0 spiro atoms. The Kier molecular flexibility index (Phi) is 6.26. The molecule has 0 aliphatic heterocycles. The van der Waals surface area contributed by atoms with Gasteiger partial charge in [0.1, 0.15) is 5.75 Å². The van der Waals surface area contributed by atoms with E-state index in [1.54, 1.807) is 0 Å². The van der Waals surface area contributed by atoms with Crippen LogP contribution >= 0.6 is 0 Å². The number of aryl methyl sites for hydroxylation is 1. The van der Waals surface area contributed by atoms with Crippen LogP contribution in [0.3, 0.4) is 0 Å². The highest BCUT2D eigenvalue weighted by Gasteiger charge is 2.03. The van der Waals surface area contributed by atoms with Crippen LogP contribution in [0.15, 0.2) is 84.9 Å². The average Bonchev–Trinajstić information content (AvgIpc) is 2.67. The molecule has 0 bridgehead atoms. The van der Waals surface area contributed by atoms with Gasteiger partial charge in [-0.05, 0) is 42.7 Å². The van der Waals surface area contributed by atoms with E-state index in [0.717, 1.165) is 24.3 Å². The third-order valence-corrected chi connectivity index (χ3v) is 3.84. The highest BCUT2D eigenvalue weighted by Crippen LogP contribution is 2.18. The molecule has 0 unspecified atom stereocenters. The highest BCUT2D eigenvalue weighted by molar-refractivity contribution is 5.99. The Morgan fingerprint density at radius 3 is 2.19 bits per heavy atom. The Labute approximate surface area is 153 Å². The summed E-state index contributed by atoms with van der Waals surface area (Å²) in [6, 6.07) is 26.8. The van der Waals surface area contributed by atoms with E-state index in [-0.39, 0.29) is 6.03 Å². The molecule has 0 aliphatic rings. The molecule has 132 valence electrons. The zero-order valence-corrected chi connectivity index (χ0v) is 14.5. The number of hydrogen-bond donors (Lipinski definition) is 2. The van der Waals surface area contributed by atoms with Gasteiger partial charge in [-0.25, -0.2) is 4.79 Å². The zero-order valence-electron chi connectivity index (χ0n) is 14.5. The number of ether oxygens (including phenoxy) is 1. The van der Waals surface area contributed by atoms with Gasteiger partial charge in [0.15, 0.2) is 0 Å². The lowest BCUT2D eigenvalue weighted by molar-refractivity contribution is 0.262. The molecule has 3 aromatic rings. The first-order chi connectivity index (χ1) is 12.8. The van der Waals surface area contributed by atoms with Crippen molar-refractivity contribution in [3.8, 4) is 5.75 Å². The number of benzene rings is 3. The fourth-order valence-electron chi connectivity index (χ4n) is 2.59. The number of carbonyl (C=O) groups excluding carboxylic acids is 1. The van der Waals surface area contributed by atoms with Crippen molar-refractivity contribution in [1.29, 1.82) is 0 Å². The minimum absolute atomic E-state index is 0.280. The summed E-state index contributed by atoms with van der Waals surface area (Å²) in [5.41, 5.74) is 2.75. The summed E-state index contributed by atoms with van der Waals surface area (Å²) in [7, 11) is 0. The number of para-hydroxylation sites is 1. The molecule has 0 aromatic heterocycles. The molecule has 2 N–H and O–H groups in total. The number of nitrogens with one attached hydrogen (secondary N) is 2. The van der Waals surface area contributed by atoms with E-state index in [9.17, 15) is 4.79 Å².